The minimum absolute atomic E-state index is 0.106. The van der Waals surface area contributed by atoms with Crippen LogP contribution in [-0.4, -0.2) is 55.1 Å². The van der Waals surface area contributed by atoms with Gasteiger partial charge in [-0.25, -0.2) is 4.39 Å². The van der Waals surface area contributed by atoms with Gasteiger partial charge in [-0.15, -0.1) is 0 Å². The van der Waals surface area contributed by atoms with Gasteiger partial charge in [0, 0.05) is 24.7 Å². The van der Waals surface area contributed by atoms with E-state index in [4.69, 9.17) is 5.73 Å². The second kappa shape index (κ2) is 6.86. The smallest absolute Gasteiger partial charge is 0.123 e. The van der Waals surface area contributed by atoms with E-state index >= 15 is 0 Å². The van der Waals surface area contributed by atoms with Crippen molar-refractivity contribution in [3.05, 3.63) is 35.6 Å². The van der Waals surface area contributed by atoms with E-state index in [1.165, 1.54) is 18.9 Å². The predicted octanol–water partition coefficient (Wildman–Crippen LogP) is 2.11. The SMILES string of the molecule is CN(C)CC1CCCN1C(C)(CN)Cc1cccc(F)c1. The number of nitrogens with zero attached hydrogens (tertiary/aromatic N) is 2. The molecule has 1 aromatic carbocycles. The van der Waals surface area contributed by atoms with Gasteiger partial charge in [0.2, 0.25) is 0 Å². The third kappa shape index (κ3) is 4.02. The number of likely N-dealkylation sites (tertiary alicyclic amines) is 1. The first-order chi connectivity index (χ1) is 9.94. The van der Waals surface area contributed by atoms with Gasteiger partial charge in [0.25, 0.3) is 0 Å². The largest absolute Gasteiger partial charge is 0.329 e. The molecule has 1 aliphatic rings. The Balaban J connectivity index is 2.15. The van der Waals surface area contributed by atoms with Crippen molar-refractivity contribution in [2.45, 2.75) is 37.8 Å². The highest BCUT2D eigenvalue weighted by molar-refractivity contribution is 5.19. The molecule has 1 fully saturated rings. The third-order valence-electron chi connectivity index (χ3n) is 4.56. The molecule has 1 saturated heterocycles. The zero-order valence-electron chi connectivity index (χ0n) is 13.5. The van der Waals surface area contributed by atoms with E-state index in [-0.39, 0.29) is 11.4 Å². The molecular weight excluding hydrogens is 265 g/mol. The molecular formula is C17H28FN3. The summed E-state index contributed by atoms with van der Waals surface area (Å²) >= 11 is 0. The molecule has 0 aliphatic carbocycles. The fourth-order valence-electron chi connectivity index (χ4n) is 3.54. The summed E-state index contributed by atoms with van der Waals surface area (Å²) in [7, 11) is 4.23. The first kappa shape index (κ1) is 16.4. The Kier molecular flexibility index (Phi) is 5.36. The van der Waals surface area contributed by atoms with Crippen LogP contribution in [0.15, 0.2) is 24.3 Å². The van der Waals surface area contributed by atoms with Gasteiger partial charge < -0.3 is 10.6 Å². The first-order valence-corrected chi connectivity index (χ1v) is 7.80. The van der Waals surface area contributed by atoms with E-state index in [0.717, 1.165) is 25.1 Å². The van der Waals surface area contributed by atoms with Crippen molar-refractivity contribution in [3.63, 3.8) is 0 Å². The maximum absolute atomic E-state index is 13.4. The average molecular weight is 293 g/mol. The Morgan fingerprint density at radius 3 is 2.81 bits per heavy atom. The Morgan fingerprint density at radius 2 is 2.19 bits per heavy atom. The van der Waals surface area contributed by atoms with Crippen molar-refractivity contribution in [2.24, 2.45) is 5.73 Å². The zero-order valence-corrected chi connectivity index (χ0v) is 13.5. The summed E-state index contributed by atoms with van der Waals surface area (Å²) in [6.07, 6.45) is 3.24. The van der Waals surface area contributed by atoms with Gasteiger partial charge in [-0.1, -0.05) is 12.1 Å². The molecule has 4 heteroatoms. The van der Waals surface area contributed by atoms with Crippen LogP contribution in [0.5, 0.6) is 0 Å². The molecule has 1 aliphatic heterocycles. The average Bonchev–Trinajstić information content (AvgIpc) is 2.86. The van der Waals surface area contributed by atoms with Crippen molar-refractivity contribution < 1.29 is 4.39 Å². The quantitative estimate of drug-likeness (QED) is 0.872. The molecule has 1 heterocycles. The maximum Gasteiger partial charge on any atom is 0.123 e. The van der Waals surface area contributed by atoms with Crippen LogP contribution in [0.25, 0.3) is 0 Å². The lowest BCUT2D eigenvalue weighted by Gasteiger charge is -2.43. The normalized spacial score (nSPS) is 22.7. The summed E-state index contributed by atoms with van der Waals surface area (Å²) < 4.78 is 13.4. The second-order valence-electron chi connectivity index (χ2n) is 6.76. The number of rotatable bonds is 6. The molecule has 0 radical (unpaired) electrons. The van der Waals surface area contributed by atoms with Crippen LogP contribution in [0, 0.1) is 5.82 Å². The third-order valence-corrected chi connectivity index (χ3v) is 4.56. The van der Waals surface area contributed by atoms with Crippen molar-refractivity contribution in [1.29, 1.82) is 0 Å². The molecule has 2 N–H and O–H groups in total. The van der Waals surface area contributed by atoms with E-state index < -0.39 is 0 Å². The number of halogens is 1. The minimum atomic E-state index is -0.168. The van der Waals surface area contributed by atoms with Gasteiger partial charge in [0.1, 0.15) is 5.82 Å². The number of hydrogen-bond acceptors (Lipinski definition) is 3. The van der Waals surface area contributed by atoms with Crippen LogP contribution in [0.1, 0.15) is 25.3 Å². The van der Waals surface area contributed by atoms with Gasteiger partial charge in [0.15, 0.2) is 0 Å². The monoisotopic (exact) mass is 293 g/mol. The highest BCUT2D eigenvalue weighted by atomic mass is 19.1. The topological polar surface area (TPSA) is 32.5 Å². The standard InChI is InChI=1S/C17H28FN3/c1-17(13-19,11-14-6-4-7-15(18)10-14)21-9-5-8-16(21)12-20(2)3/h4,6-7,10,16H,5,8-9,11-13,19H2,1-3H3. The van der Waals surface area contributed by atoms with E-state index in [1.54, 1.807) is 12.1 Å². The van der Waals surface area contributed by atoms with Gasteiger partial charge in [-0.3, -0.25) is 4.90 Å². The predicted molar refractivity (Wildman–Crippen MR) is 85.8 cm³/mol. The van der Waals surface area contributed by atoms with Crippen molar-refractivity contribution in [2.75, 3.05) is 33.7 Å². The van der Waals surface area contributed by atoms with E-state index in [9.17, 15) is 4.39 Å². The fourth-order valence-corrected chi connectivity index (χ4v) is 3.54. The fraction of sp³-hybridized carbons (Fsp3) is 0.647. The van der Waals surface area contributed by atoms with Crippen molar-refractivity contribution in [3.8, 4) is 0 Å². The zero-order chi connectivity index (χ0) is 15.5. The lowest BCUT2D eigenvalue weighted by molar-refractivity contribution is 0.0815. The highest BCUT2D eigenvalue weighted by Gasteiger charge is 2.38. The van der Waals surface area contributed by atoms with Gasteiger partial charge >= 0.3 is 0 Å². The van der Waals surface area contributed by atoms with Crippen LogP contribution >= 0.6 is 0 Å². The molecule has 1 aromatic rings. The molecule has 2 unspecified atom stereocenters. The van der Waals surface area contributed by atoms with Crippen LogP contribution in [0.4, 0.5) is 4.39 Å². The molecule has 118 valence electrons. The molecule has 0 bridgehead atoms. The lowest BCUT2D eigenvalue weighted by atomic mass is 9.90. The first-order valence-electron chi connectivity index (χ1n) is 7.80. The van der Waals surface area contributed by atoms with Crippen molar-refractivity contribution >= 4 is 0 Å². The summed E-state index contributed by atoms with van der Waals surface area (Å²) in [5.74, 6) is -0.168. The molecule has 3 nitrogen and oxygen atoms in total. The molecule has 0 aromatic heterocycles. The van der Waals surface area contributed by atoms with Crippen LogP contribution in [-0.2, 0) is 6.42 Å². The molecule has 0 saturated carbocycles. The van der Waals surface area contributed by atoms with E-state index in [0.29, 0.717) is 12.6 Å². The number of likely N-dealkylation sites (N-methyl/N-ethyl adjacent to an activating group) is 1. The summed E-state index contributed by atoms with van der Waals surface area (Å²) in [4.78, 5) is 4.78. The van der Waals surface area contributed by atoms with E-state index in [2.05, 4.69) is 30.8 Å². The number of benzene rings is 1. The minimum Gasteiger partial charge on any atom is -0.329 e. The molecule has 2 atom stereocenters. The number of hydrogen-bond donors (Lipinski definition) is 1. The molecule has 0 spiro atoms. The van der Waals surface area contributed by atoms with Crippen LogP contribution < -0.4 is 5.73 Å². The molecule has 0 amide bonds. The van der Waals surface area contributed by atoms with Gasteiger partial charge in [-0.2, -0.15) is 0 Å². The van der Waals surface area contributed by atoms with E-state index in [1.807, 2.05) is 6.07 Å². The Labute approximate surface area is 127 Å². The summed E-state index contributed by atoms with van der Waals surface area (Å²) in [6, 6.07) is 7.44. The summed E-state index contributed by atoms with van der Waals surface area (Å²) in [5.41, 5.74) is 7.04. The van der Waals surface area contributed by atoms with Gasteiger partial charge in [0.05, 0.1) is 0 Å². The summed E-state index contributed by atoms with van der Waals surface area (Å²) in [5, 5.41) is 0. The van der Waals surface area contributed by atoms with Gasteiger partial charge in [-0.05, 0) is 64.5 Å². The number of nitrogens with two attached hydrogens (primary N) is 1. The summed E-state index contributed by atoms with van der Waals surface area (Å²) in [6.45, 7) is 4.94. The molecule has 21 heavy (non-hydrogen) atoms. The lowest BCUT2D eigenvalue weighted by Crippen LogP contribution is -2.56. The molecule has 2 rings (SSSR count). The van der Waals surface area contributed by atoms with Crippen LogP contribution in [0.3, 0.4) is 0 Å². The van der Waals surface area contributed by atoms with Crippen LogP contribution in [0.2, 0.25) is 0 Å². The van der Waals surface area contributed by atoms with Crippen molar-refractivity contribution in [1.82, 2.24) is 9.80 Å². The maximum atomic E-state index is 13.4. The highest BCUT2D eigenvalue weighted by Crippen LogP contribution is 2.29. The second-order valence-corrected chi connectivity index (χ2v) is 6.76. The Bertz CT molecular complexity index is 463. The Morgan fingerprint density at radius 1 is 1.43 bits per heavy atom. The Hall–Kier alpha value is -0.970.